The van der Waals surface area contributed by atoms with Crippen LogP contribution in [0.4, 0.5) is 5.69 Å². The first-order valence-electron chi connectivity index (χ1n) is 6.83. The van der Waals surface area contributed by atoms with Crippen LogP contribution in [0.15, 0.2) is 24.3 Å². The van der Waals surface area contributed by atoms with Gasteiger partial charge >= 0.3 is 5.97 Å². The maximum atomic E-state index is 12.0. The maximum Gasteiger partial charge on any atom is 0.328 e. The van der Waals surface area contributed by atoms with Crippen molar-refractivity contribution in [2.45, 2.75) is 19.0 Å². The number of nitrogens with zero attached hydrogens (tertiary/aromatic N) is 1. The minimum absolute atomic E-state index is 0.00975. The first-order valence-corrected chi connectivity index (χ1v) is 6.83. The third-order valence-electron chi connectivity index (χ3n) is 3.01. The highest BCUT2D eigenvalue weighted by molar-refractivity contribution is 5.98. The fourth-order valence-electron chi connectivity index (χ4n) is 1.74. The SMILES string of the molecule is COCC(NC(=O)C(C)NC(=O)c1cccc([N+](=O)[O-])c1)C(=O)O. The van der Waals surface area contributed by atoms with Crippen molar-refractivity contribution in [2.24, 2.45) is 0 Å². The van der Waals surface area contributed by atoms with Gasteiger partial charge in [0.2, 0.25) is 5.91 Å². The van der Waals surface area contributed by atoms with Gasteiger partial charge in [-0.2, -0.15) is 0 Å². The van der Waals surface area contributed by atoms with Crippen LogP contribution in [0.1, 0.15) is 17.3 Å². The fourth-order valence-corrected chi connectivity index (χ4v) is 1.74. The molecule has 0 aliphatic heterocycles. The molecule has 0 aromatic heterocycles. The number of carboxylic acids is 1. The van der Waals surface area contributed by atoms with Gasteiger partial charge in [0, 0.05) is 24.8 Å². The van der Waals surface area contributed by atoms with Gasteiger partial charge in [-0.05, 0) is 13.0 Å². The third-order valence-corrected chi connectivity index (χ3v) is 3.01. The number of rotatable bonds is 8. The van der Waals surface area contributed by atoms with Crippen LogP contribution >= 0.6 is 0 Å². The van der Waals surface area contributed by atoms with Gasteiger partial charge in [-0.25, -0.2) is 4.79 Å². The summed E-state index contributed by atoms with van der Waals surface area (Å²) in [7, 11) is 1.29. The van der Waals surface area contributed by atoms with Gasteiger partial charge in [0.1, 0.15) is 6.04 Å². The van der Waals surface area contributed by atoms with E-state index in [4.69, 9.17) is 5.11 Å². The van der Waals surface area contributed by atoms with E-state index in [0.29, 0.717) is 0 Å². The molecule has 10 nitrogen and oxygen atoms in total. The molecule has 0 radical (unpaired) electrons. The number of hydrogen-bond acceptors (Lipinski definition) is 6. The zero-order valence-corrected chi connectivity index (χ0v) is 13.0. The smallest absolute Gasteiger partial charge is 0.328 e. The fraction of sp³-hybridized carbons (Fsp3) is 0.357. The third kappa shape index (κ3) is 5.32. The Hall–Kier alpha value is -3.01. The second kappa shape index (κ2) is 8.58. The van der Waals surface area contributed by atoms with Crippen molar-refractivity contribution < 1.29 is 29.2 Å². The average Bonchev–Trinajstić information content (AvgIpc) is 2.54. The first kappa shape index (κ1) is 19.0. The quantitative estimate of drug-likeness (QED) is 0.443. The van der Waals surface area contributed by atoms with Gasteiger partial charge in [0.15, 0.2) is 6.04 Å². The molecule has 0 spiro atoms. The number of nitro benzene ring substituents is 1. The normalized spacial score (nSPS) is 12.8. The summed E-state index contributed by atoms with van der Waals surface area (Å²) in [6.45, 7) is 1.13. The molecule has 0 bridgehead atoms. The topological polar surface area (TPSA) is 148 Å². The first-order chi connectivity index (χ1) is 11.3. The highest BCUT2D eigenvalue weighted by Gasteiger charge is 2.24. The van der Waals surface area contributed by atoms with Crippen LogP contribution in [0.3, 0.4) is 0 Å². The summed E-state index contributed by atoms with van der Waals surface area (Å²) in [4.78, 5) is 44.9. The number of carbonyl (C=O) groups is 3. The lowest BCUT2D eigenvalue weighted by Gasteiger charge is -2.18. The Morgan fingerprint density at radius 3 is 2.54 bits per heavy atom. The highest BCUT2D eigenvalue weighted by Crippen LogP contribution is 2.13. The molecule has 0 heterocycles. The van der Waals surface area contributed by atoms with Crippen molar-refractivity contribution in [1.82, 2.24) is 10.6 Å². The van der Waals surface area contributed by atoms with Crippen LogP contribution in [0.5, 0.6) is 0 Å². The lowest BCUT2D eigenvalue weighted by Crippen LogP contribution is -2.51. The predicted octanol–water partition coefficient (Wildman–Crippen LogP) is -0.0711. The summed E-state index contributed by atoms with van der Waals surface area (Å²) in [6.07, 6.45) is 0. The second-order valence-electron chi connectivity index (χ2n) is 4.86. The van der Waals surface area contributed by atoms with Crippen LogP contribution in [-0.4, -0.2) is 53.6 Å². The Balaban J connectivity index is 2.72. The van der Waals surface area contributed by atoms with Gasteiger partial charge in [-0.3, -0.25) is 19.7 Å². The van der Waals surface area contributed by atoms with E-state index >= 15 is 0 Å². The van der Waals surface area contributed by atoms with E-state index in [0.717, 1.165) is 6.07 Å². The minimum atomic E-state index is -1.28. The molecule has 1 rings (SSSR count). The number of ether oxygens (including phenoxy) is 1. The summed E-state index contributed by atoms with van der Waals surface area (Å²) in [5, 5.41) is 24.2. The Labute approximate surface area is 136 Å². The van der Waals surface area contributed by atoms with Crippen molar-refractivity contribution in [3.8, 4) is 0 Å². The Morgan fingerprint density at radius 2 is 2.00 bits per heavy atom. The molecule has 1 aromatic carbocycles. The number of non-ortho nitro benzene ring substituents is 1. The minimum Gasteiger partial charge on any atom is -0.480 e. The molecule has 24 heavy (non-hydrogen) atoms. The second-order valence-corrected chi connectivity index (χ2v) is 4.86. The summed E-state index contributed by atoms with van der Waals surface area (Å²) < 4.78 is 4.69. The van der Waals surface area contributed by atoms with Gasteiger partial charge in [0.05, 0.1) is 11.5 Å². The highest BCUT2D eigenvalue weighted by atomic mass is 16.6. The van der Waals surface area contributed by atoms with Crippen molar-refractivity contribution in [2.75, 3.05) is 13.7 Å². The number of methoxy groups -OCH3 is 1. The molecule has 2 atom stereocenters. The molecule has 2 amide bonds. The maximum absolute atomic E-state index is 12.0. The van der Waals surface area contributed by atoms with E-state index < -0.39 is 34.8 Å². The average molecular weight is 339 g/mol. The molecule has 0 aliphatic carbocycles. The lowest BCUT2D eigenvalue weighted by molar-refractivity contribution is -0.384. The standard InChI is InChI=1S/C14H17N3O7/c1-8(12(18)16-11(7-24-2)14(20)21)15-13(19)9-4-3-5-10(6-9)17(22)23/h3-6,8,11H,7H2,1-2H3,(H,15,19)(H,16,18)(H,20,21). The Bertz CT molecular complexity index is 647. The molecule has 0 aliphatic rings. The van der Waals surface area contributed by atoms with Gasteiger partial charge in [-0.15, -0.1) is 0 Å². The van der Waals surface area contributed by atoms with Gasteiger partial charge in [-0.1, -0.05) is 6.07 Å². The molecule has 0 fully saturated rings. The largest absolute Gasteiger partial charge is 0.480 e. The number of carboxylic acid groups (broad SMARTS) is 1. The molecule has 2 unspecified atom stereocenters. The number of amides is 2. The summed E-state index contributed by atoms with van der Waals surface area (Å²) >= 11 is 0. The number of nitro groups is 1. The van der Waals surface area contributed by atoms with E-state index in [1.165, 1.54) is 32.2 Å². The van der Waals surface area contributed by atoms with Crippen molar-refractivity contribution in [1.29, 1.82) is 0 Å². The van der Waals surface area contributed by atoms with E-state index in [9.17, 15) is 24.5 Å². The number of hydrogen-bond donors (Lipinski definition) is 3. The van der Waals surface area contributed by atoms with Crippen LogP contribution in [-0.2, 0) is 14.3 Å². The molecule has 0 saturated heterocycles. The summed E-state index contributed by atoms with van der Waals surface area (Å²) in [5.41, 5.74) is -0.249. The molecular weight excluding hydrogens is 322 g/mol. The zero-order valence-electron chi connectivity index (χ0n) is 13.0. The summed E-state index contributed by atoms with van der Waals surface area (Å²) in [5.74, 6) is -2.69. The zero-order chi connectivity index (χ0) is 18.3. The van der Waals surface area contributed by atoms with Crippen molar-refractivity contribution in [3.63, 3.8) is 0 Å². The van der Waals surface area contributed by atoms with Crippen LogP contribution in [0, 0.1) is 10.1 Å². The van der Waals surface area contributed by atoms with E-state index in [-0.39, 0.29) is 17.9 Å². The van der Waals surface area contributed by atoms with Crippen molar-refractivity contribution >= 4 is 23.5 Å². The monoisotopic (exact) mass is 339 g/mol. The number of nitrogens with one attached hydrogen (secondary N) is 2. The van der Waals surface area contributed by atoms with Gasteiger partial charge in [0.25, 0.3) is 11.6 Å². The van der Waals surface area contributed by atoms with Gasteiger partial charge < -0.3 is 20.5 Å². The Kier molecular flexibility index (Phi) is 6.80. The van der Waals surface area contributed by atoms with Crippen LogP contribution in [0.25, 0.3) is 0 Å². The molecular formula is C14H17N3O7. The molecule has 10 heteroatoms. The van der Waals surface area contributed by atoms with E-state index in [1.54, 1.807) is 0 Å². The number of carbonyl (C=O) groups excluding carboxylic acids is 2. The summed E-state index contributed by atoms with van der Waals surface area (Å²) in [6, 6.07) is 2.71. The van der Waals surface area contributed by atoms with Crippen molar-refractivity contribution in [3.05, 3.63) is 39.9 Å². The predicted molar refractivity (Wildman–Crippen MR) is 81.5 cm³/mol. The molecule has 130 valence electrons. The van der Waals surface area contributed by atoms with Crippen LogP contribution in [0.2, 0.25) is 0 Å². The van der Waals surface area contributed by atoms with E-state index in [1.807, 2.05) is 0 Å². The lowest BCUT2D eigenvalue weighted by atomic mass is 10.1. The number of benzene rings is 1. The van der Waals surface area contributed by atoms with Crippen LogP contribution < -0.4 is 10.6 Å². The molecule has 0 saturated carbocycles. The molecule has 3 N–H and O–H groups in total. The number of aliphatic carboxylic acids is 1. The Morgan fingerprint density at radius 1 is 1.33 bits per heavy atom. The molecule has 1 aromatic rings. The van der Waals surface area contributed by atoms with E-state index in [2.05, 4.69) is 15.4 Å².